The first-order valence-corrected chi connectivity index (χ1v) is 6.85. The van der Waals surface area contributed by atoms with E-state index in [0.717, 1.165) is 19.4 Å². The lowest BCUT2D eigenvalue weighted by Crippen LogP contribution is -2.40. The van der Waals surface area contributed by atoms with Crippen LogP contribution in [0.4, 0.5) is 0 Å². The molecule has 5 heteroatoms. The second kappa shape index (κ2) is 8.82. The molecule has 4 unspecified atom stereocenters. The van der Waals surface area contributed by atoms with Gasteiger partial charge in [-0.1, -0.05) is 6.92 Å². The molecule has 1 aliphatic rings. The number of hydrogen-bond acceptors (Lipinski definition) is 5. The summed E-state index contributed by atoms with van der Waals surface area (Å²) in [6.07, 6.45) is 1.85. The van der Waals surface area contributed by atoms with Crippen molar-refractivity contribution in [3.05, 3.63) is 0 Å². The van der Waals surface area contributed by atoms with E-state index in [1.807, 2.05) is 13.8 Å². The third kappa shape index (κ3) is 6.11. The van der Waals surface area contributed by atoms with Crippen LogP contribution in [0.3, 0.4) is 0 Å². The number of hydrogen-bond donors (Lipinski definition) is 3. The van der Waals surface area contributed by atoms with Gasteiger partial charge in [-0.15, -0.1) is 0 Å². The van der Waals surface area contributed by atoms with Gasteiger partial charge in [0.25, 0.3) is 0 Å². The first kappa shape index (κ1) is 15.9. The van der Waals surface area contributed by atoms with Crippen LogP contribution in [0.5, 0.6) is 0 Å². The molecular formula is C13H27NO4. The average Bonchev–Trinajstić information content (AvgIpc) is 2.88. The highest BCUT2D eigenvalue weighted by Crippen LogP contribution is 2.11. The first-order chi connectivity index (χ1) is 8.63. The highest BCUT2D eigenvalue weighted by atomic mass is 16.5. The molecule has 0 aromatic heterocycles. The Labute approximate surface area is 109 Å². The van der Waals surface area contributed by atoms with Gasteiger partial charge in [0.05, 0.1) is 25.4 Å². The average molecular weight is 261 g/mol. The molecule has 1 saturated heterocycles. The van der Waals surface area contributed by atoms with Crippen molar-refractivity contribution in [2.45, 2.75) is 44.9 Å². The highest BCUT2D eigenvalue weighted by molar-refractivity contribution is 4.70. The third-order valence-corrected chi connectivity index (χ3v) is 3.45. The van der Waals surface area contributed by atoms with E-state index in [0.29, 0.717) is 19.8 Å². The van der Waals surface area contributed by atoms with Crippen LogP contribution in [0.2, 0.25) is 0 Å². The van der Waals surface area contributed by atoms with Crippen LogP contribution >= 0.6 is 0 Å². The first-order valence-electron chi connectivity index (χ1n) is 6.85. The predicted molar refractivity (Wildman–Crippen MR) is 69.5 cm³/mol. The summed E-state index contributed by atoms with van der Waals surface area (Å²) in [6.45, 7) is 6.33. The SMILES string of the molecule is CC(CO)C(C)NCC(O)COCC1CCCO1. The van der Waals surface area contributed by atoms with Gasteiger partial charge < -0.3 is 25.0 Å². The zero-order valence-corrected chi connectivity index (χ0v) is 11.5. The second-order valence-electron chi connectivity index (χ2n) is 5.18. The molecular weight excluding hydrogens is 234 g/mol. The molecule has 0 bridgehead atoms. The van der Waals surface area contributed by atoms with Crippen molar-refractivity contribution in [2.24, 2.45) is 5.92 Å². The van der Waals surface area contributed by atoms with E-state index in [4.69, 9.17) is 14.6 Å². The van der Waals surface area contributed by atoms with Gasteiger partial charge in [0.2, 0.25) is 0 Å². The standard InChI is InChI=1S/C13H27NO4/c1-10(7-15)11(2)14-6-12(16)8-17-9-13-4-3-5-18-13/h10-16H,3-9H2,1-2H3. The van der Waals surface area contributed by atoms with Crippen LogP contribution in [0.15, 0.2) is 0 Å². The Morgan fingerprint density at radius 3 is 2.83 bits per heavy atom. The Balaban J connectivity index is 2.00. The fourth-order valence-corrected chi connectivity index (χ4v) is 1.85. The Hall–Kier alpha value is -0.200. The Morgan fingerprint density at radius 2 is 2.22 bits per heavy atom. The van der Waals surface area contributed by atoms with Crippen molar-refractivity contribution in [3.8, 4) is 0 Å². The minimum absolute atomic E-state index is 0.153. The molecule has 1 fully saturated rings. The highest BCUT2D eigenvalue weighted by Gasteiger charge is 2.16. The molecule has 0 spiro atoms. The summed E-state index contributed by atoms with van der Waals surface area (Å²) in [4.78, 5) is 0. The smallest absolute Gasteiger partial charge is 0.0897 e. The Morgan fingerprint density at radius 1 is 1.44 bits per heavy atom. The molecule has 1 aliphatic heterocycles. The molecule has 108 valence electrons. The Bertz CT molecular complexity index is 209. The summed E-state index contributed by atoms with van der Waals surface area (Å²) in [5, 5.41) is 21.9. The van der Waals surface area contributed by atoms with E-state index in [1.165, 1.54) is 0 Å². The molecule has 0 amide bonds. The molecule has 1 rings (SSSR count). The lowest BCUT2D eigenvalue weighted by atomic mass is 10.1. The fraction of sp³-hybridized carbons (Fsp3) is 1.00. The summed E-state index contributed by atoms with van der Waals surface area (Å²) in [5.41, 5.74) is 0. The van der Waals surface area contributed by atoms with Gasteiger partial charge in [0.1, 0.15) is 0 Å². The molecule has 3 N–H and O–H groups in total. The topological polar surface area (TPSA) is 71.0 Å². The van der Waals surface area contributed by atoms with E-state index in [-0.39, 0.29) is 24.7 Å². The van der Waals surface area contributed by atoms with Gasteiger partial charge in [0, 0.05) is 25.8 Å². The Kier molecular flexibility index (Phi) is 7.77. The molecule has 0 aromatic rings. The fourth-order valence-electron chi connectivity index (χ4n) is 1.85. The van der Waals surface area contributed by atoms with Crippen LogP contribution in [0.1, 0.15) is 26.7 Å². The quantitative estimate of drug-likeness (QED) is 0.551. The molecule has 1 heterocycles. The third-order valence-electron chi connectivity index (χ3n) is 3.45. The second-order valence-corrected chi connectivity index (χ2v) is 5.18. The lowest BCUT2D eigenvalue weighted by Gasteiger charge is -2.21. The number of rotatable bonds is 9. The molecule has 18 heavy (non-hydrogen) atoms. The van der Waals surface area contributed by atoms with E-state index >= 15 is 0 Å². The summed E-state index contributed by atoms with van der Waals surface area (Å²) >= 11 is 0. The number of ether oxygens (including phenoxy) is 2. The van der Waals surface area contributed by atoms with E-state index in [2.05, 4.69) is 5.32 Å². The van der Waals surface area contributed by atoms with E-state index in [9.17, 15) is 5.11 Å². The van der Waals surface area contributed by atoms with Crippen molar-refractivity contribution >= 4 is 0 Å². The van der Waals surface area contributed by atoms with E-state index < -0.39 is 6.10 Å². The van der Waals surface area contributed by atoms with Crippen LogP contribution in [0, 0.1) is 5.92 Å². The maximum atomic E-state index is 9.74. The van der Waals surface area contributed by atoms with Crippen molar-refractivity contribution < 1.29 is 19.7 Å². The van der Waals surface area contributed by atoms with Crippen molar-refractivity contribution in [1.82, 2.24) is 5.32 Å². The van der Waals surface area contributed by atoms with Crippen molar-refractivity contribution in [3.63, 3.8) is 0 Å². The molecule has 5 nitrogen and oxygen atoms in total. The number of nitrogens with one attached hydrogen (secondary N) is 1. The summed E-state index contributed by atoms with van der Waals surface area (Å²) < 4.78 is 10.9. The molecule has 4 atom stereocenters. The van der Waals surface area contributed by atoms with Crippen LogP contribution < -0.4 is 5.32 Å². The van der Waals surface area contributed by atoms with Gasteiger partial charge >= 0.3 is 0 Å². The van der Waals surface area contributed by atoms with Crippen LogP contribution in [-0.2, 0) is 9.47 Å². The largest absolute Gasteiger partial charge is 0.396 e. The van der Waals surface area contributed by atoms with Crippen molar-refractivity contribution in [1.29, 1.82) is 0 Å². The van der Waals surface area contributed by atoms with Crippen molar-refractivity contribution in [2.75, 3.05) is 33.0 Å². The molecule has 0 radical (unpaired) electrons. The monoisotopic (exact) mass is 261 g/mol. The maximum absolute atomic E-state index is 9.74. The number of aliphatic hydroxyl groups excluding tert-OH is 2. The van der Waals surface area contributed by atoms with Gasteiger partial charge in [-0.3, -0.25) is 0 Å². The zero-order chi connectivity index (χ0) is 13.4. The molecule has 0 aliphatic carbocycles. The van der Waals surface area contributed by atoms with Gasteiger partial charge in [-0.05, 0) is 25.7 Å². The summed E-state index contributed by atoms with van der Waals surface area (Å²) in [5.74, 6) is 0.185. The zero-order valence-electron chi connectivity index (χ0n) is 11.5. The minimum Gasteiger partial charge on any atom is -0.396 e. The van der Waals surface area contributed by atoms with Gasteiger partial charge in [0.15, 0.2) is 0 Å². The molecule has 0 saturated carbocycles. The van der Waals surface area contributed by atoms with Crippen LogP contribution in [-0.4, -0.2) is 61.4 Å². The van der Waals surface area contributed by atoms with Gasteiger partial charge in [-0.2, -0.15) is 0 Å². The summed E-state index contributed by atoms with van der Waals surface area (Å²) in [6, 6.07) is 0.183. The van der Waals surface area contributed by atoms with Crippen LogP contribution in [0.25, 0.3) is 0 Å². The maximum Gasteiger partial charge on any atom is 0.0897 e. The normalized spacial score (nSPS) is 25.0. The number of aliphatic hydroxyl groups is 2. The molecule has 0 aromatic carbocycles. The summed E-state index contributed by atoms with van der Waals surface area (Å²) in [7, 11) is 0. The predicted octanol–water partition coefficient (Wildman–Crippen LogP) is 0.149. The lowest BCUT2D eigenvalue weighted by molar-refractivity contribution is -0.0173. The van der Waals surface area contributed by atoms with E-state index in [1.54, 1.807) is 0 Å². The minimum atomic E-state index is -0.514. The van der Waals surface area contributed by atoms with Gasteiger partial charge in [-0.25, -0.2) is 0 Å².